The Kier molecular flexibility index (Phi) is 4.48. The van der Waals surface area contributed by atoms with Gasteiger partial charge >= 0.3 is 0 Å². The molecule has 0 atom stereocenters. The highest BCUT2D eigenvalue weighted by Crippen LogP contribution is 2.24. The van der Waals surface area contributed by atoms with Crippen LogP contribution >= 0.6 is 0 Å². The normalized spacial score (nSPS) is 10.2. The minimum atomic E-state index is -0.187. The fourth-order valence-corrected chi connectivity index (χ4v) is 1.94. The topological polar surface area (TPSA) is 64.3 Å². The van der Waals surface area contributed by atoms with Gasteiger partial charge in [0, 0.05) is 11.4 Å². The maximum Gasteiger partial charge on any atom is 0.262 e. The lowest BCUT2D eigenvalue weighted by Crippen LogP contribution is -2.20. The predicted molar refractivity (Wildman–Crippen MR) is 85.6 cm³/mol. The maximum absolute atomic E-state index is 11.9. The average Bonchev–Trinajstić information content (AvgIpc) is 2.44. The van der Waals surface area contributed by atoms with E-state index in [0.29, 0.717) is 5.75 Å². The van der Waals surface area contributed by atoms with Crippen LogP contribution in [0.3, 0.4) is 0 Å². The molecule has 0 heterocycles. The van der Waals surface area contributed by atoms with Crippen molar-refractivity contribution in [3.8, 4) is 5.75 Å². The predicted octanol–water partition coefficient (Wildman–Crippen LogP) is 3.21. The van der Waals surface area contributed by atoms with E-state index in [-0.39, 0.29) is 12.5 Å². The van der Waals surface area contributed by atoms with Gasteiger partial charge in [0.2, 0.25) is 0 Å². The van der Waals surface area contributed by atoms with Crippen molar-refractivity contribution in [2.45, 2.75) is 20.8 Å². The molecule has 2 aromatic rings. The standard InChI is InChI=1S/C17H20N2O2/c1-11-4-6-14(7-5-11)19-17(20)10-21-16-9-12(2)15(18)8-13(16)3/h4-9H,10,18H2,1-3H3,(H,19,20). The van der Waals surface area contributed by atoms with Crippen LogP contribution in [-0.2, 0) is 4.79 Å². The molecule has 0 unspecified atom stereocenters. The first-order valence-electron chi connectivity index (χ1n) is 6.82. The van der Waals surface area contributed by atoms with Gasteiger partial charge in [-0.3, -0.25) is 4.79 Å². The van der Waals surface area contributed by atoms with Gasteiger partial charge in [-0.15, -0.1) is 0 Å². The zero-order chi connectivity index (χ0) is 15.4. The Morgan fingerprint density at radius 1 is 1.10 bits per heavy atom. The van der Waals surface area contributed by atoms with Gasteiger partial charge in [0.05, 0.1) is 0 Å². The third kappa shape index (κ3) is 3.99. The van der Waals surface area contributed by atoms with Gasteiger partial charge in [0.15, 0.2) is 6.61 Å². The first-order chi connectivity index (χ1) is 9.95. The number of carbonyl (C=O) groups is 1. The van der Waals surface area contributed by atoms with Crippen molar-refractivity contribution in [2.24, 2.45) is 0 Å². The summed E-state index contributed by atoms with van der Waals surface area (Å²) in [6.07, 6.45) is 0. The number of benzene rings is 2. The molecule has 3 N–H and O–H groups in total. The number of nitrogen functional groups attached to an aromatic ring is 1. The Hall–Kier alpha value is -2.49. The lowest BCUT2D eigenvalue weighted by molar-refractivity contribution is -0.118. The van der Waals surface area contributed by atoms with Crippen molar-refractivity contribution in [3.63, 3.8) is 0 Å². The minimum Gasteiger partial charge on any atom is -0.483 e. The summed E-state index contributed by atoms with van der Waals surface area (Å²) in [7, 11) is 0. The number of nitrogens with one attached hydrogen (secondary N) is 1. The molecule has 2 rings (SSSR count). The van der Waals surface area contributed by atoms with Crippen molar-refractivity contribution in [3.05, 3.63) is 53.1 Å². The Labute approximate surface area is 124 Å². The number of hydrogen-bond acceptors (Lipinski definition) is 3. The number of rotatable bonds is 4. The molecule has 0 radical (unpaired) electrons. The number of aryl methyl sites for hydroxylation is 3. The molecule has 0 fully saturated rings. The zero-order valence-electron chi connectivity index (χ0n) is 12.6. The molecule has 0 spiro atoms. The summed E-state index contributed by atoms with van der Waals surface area (Å²) in [5.41, 5.74) is 10.3. The second-order valence-corrected chi connectivity index (χ2v) is 5.18. The van der Waals surface area contributed by atoms with E-state index in [1.54, 1.807) is 0 Å². The van der Waals surface area contributed by atoms with Gasteiger partial charge in [-0.2, -0.15) is 0 Å². The number of carbonyl (C=O) groups excluding carboxylic acids is 1. The molecule has 0 aliphatic rings. The molecule has 0 aliphatic heterocycles. The second-order valence-electron chi connectivity index (χ2n) is 5.18. The van der Waals surface area contributed by atoms with Crippen molar-refractivity contribution < 1.29 is 9.53 Å². The van der Waals surface area contributed by atoms with Crippen LogP contribution in [0.4, 0.5) is 11.4 Å². The van der Waals surface area contributed by atoms with Gasteiger partial charge in [-0.25, -0.2) is 0 Å². The summed E-state index contributed by atoms with van der Waals surface area (Å²) < 4.78 is 5.56. The van der Waals surface area contributed by atoms with Crippen molar-refractivity contribution >= 4 is 17.3 Å². The van der Waals surface area contributed by atoms with Crippen LogP contribution < -0.4 is 15.8 Å². The van der Waals surface area contributed by atoms with Crippen LogP contribution in [0.1, 0.15) is 16.7 Å². The van der Waals surface area contributed by atoms with Gasteiger partial charge in [-0.1, -0.05) is 17.7 Å². The van der Waals surface area contributed by atoms with Crippen molar-refractivity contribution in [1.82, 2.24) is 0 Å². The minimum absolute atomic E-state index is 0.0297. The molecule has 0 aliphatic carbocycles. The van der Waals surface area contributed by atoms with E-state index in [0.717, 1.165) is 28.1 Å². The van der Waals surface area contributed by atoms with E-state index in [2.05, 4.69) is 5.32 Å². The Morgan fingerprint density at radius 2 is 1.76 bits per heavy atom. The molecule has 110 valence electrons. The summed E-state index contributed by atoms with van der Waals surface area (Å²) in [6.45, 7) is 5.79. The Morgan fingerprint density at radius 3 is 2.43 bits per heavy atom. The van der Waals surface area contributed by atoms with Gasteiger partial charge in [0.1, 0.15) is 5.75 Å². The van der Waals surface area contributed by atoms with E-state index >= 15 is 0 Å². The third-order valence-electron chi connectivity index (χ3n) is 3.26. The Balaban J connectivity index is 1.95. The summed E-state index contributed by atoms with van der Waals surface area (Å²) in [6, 6.07) is 11.3. The van der Waals surface area contributed by atoms with Gasteiger partial charge in [0.25, 0.3) is 5.91 Å². The number of ether oxygens (including phenoxy) is 1. The average molecular weight is 284 g/mol. The molecule has 4 nitrogen and oxygen atoms in total. The number of nitrogens with two attached hydrogens (primary N) is 1. The van der Waals surface area contributed by atoms with Gasteiger partial charge in [-0.05, 0) is 56.2 Å². The highest BCUT2D eigenvalue weighted by Gasteiger charge is 2.07. The smallest absolute Gasteiger partial charge is 0.262 e. The molecule has 21 heavy (non-hydrogen) atoms. The van der Waals surface area contributed by atoms with Crippen LogP contribution in [-0.4, -0.2) is 12.5 Å². The summed E-state index contributed by atoms with van der Waals surface area (Å²) in [5, 5.41) is 2.80. The number of hydrogen-bond donors (Lipinski definition) is 2. The first kappa shape index (κ1) is 14.9. The monoisotopic (exact) mass is 284 g/mol. The highest BCUT2D eigenvalue weighted by molar-refractivity contribution is 5.91. The van der Waals surface area contributed by atoms with Gasteiger partial charge < -0.3 is 15.8 Å². The molecule has 0 aromatic heterocycles. The third-order valence-corrected chi connectivity index (χ3v) is 3.26. The molecular formula is C17H20N2O2. The Bertz CT molecular complexity index is 649. The van der Waals surface area contributed by atoms with E-state index in [9.17, 15) is 4.79 Å². The number of amides is 1. The lowest BCUT2D eigenvalue weighted by atomic mass is 10.1. The van der Waals surface area contributed by atoms with Crippen molar-refractivity contribution in [1.29, 1.82) is 0 Å². The summed E-state index contributed by atoms with van der Waals surface area (Å²) in [4.78, 5) is 11.9. The number of anilines is 2. The first-order valence-corrected chi connectivity index (χ1v) is 6.82. The molecule has 0 saturated heterocycles. The van der Waals surface area contributed by atoms with Crippen LogP contribution in [0.5, 0.6) is 5.75 Å². The zero-order valence-corrected chi connectivity index (χ0v) is 12.6. The molecule has 1 amide bonds. The van der Waals surface area contributed by atoms with E-state index in [4.69, 9.17) is 10.5 Å². The molecule has 4 heteroatoms. The SMILES string of the molecule is Cc1ccc(NC(=O)COc2cc(C)c(N)cc2C)cc1. The largest absolute Gasteiger partial charge is 0.483 e. The fraction of sp³-hybridized carbons (Fsp3) is 0.235. The van der Waals surface area contributed by atoms with Crippen LogP contribution in [0.25, 0.3) is 0 Å². The molecule has 0 bridgehead atoms. The van der Waals surface area contributed by atoms with Crippen LogP contribution in [0.15, 0.2) is 36.4 Å². The quantitative estimate of drug-likeness (QED) is 0.847. The molecular weight excluding hydrogens is 264 g/mol. The summed E-state index contributed by atoms with van der Waals surface area (Å²) in [5.74, 6) is 0.494. The maximum atomic E-state index is 11.9. The van der Waals surface area contributed by atoms with Crippen LogP contribution in [0, 0.1) is 20.8 Å². The van der Waals surface area contributed by atoms with E-state index < -0.39 is 0 Å². The van der Waals surface area contributed by atoms with Crippen molar-refractivity contribution in [2.75, 3.05) is 17.7 Å². The fourth-order valence-electron chi connectivity index (χ4n) is 1.94. The molecule has 2 aromatic carbocycles. The highest BCUT2D eigenvalue weighted by atomic mass is 16.5. The lowest BCUT2D eigenvalue weighted by Gasteiger charge is -2.12. The summed E-state index contributed by atoms with van der Waals surface area (Å²) >= 11 is 0. The van der Waals surface area contributed by atoms with E-state index in [1.807, 2.05) is 57.2 Å². The molecule has 0 saturated carbocycles. The van der Waals surface area contributed by atoms with E-state index in [1.165, 1.54) is 0 Å². The van der Waals surface area contributed by atoms with Crippen LogP contribution in [0.2, 0.25) is 0 Å². The second kappa shape index (κ2) is 6.31.